The van der Waals surface area contributed by atoms with Crippen LogP contribution in [0, 0.1) is 5.41 Å². The molecular formula is C18H20F3NO2. The number of carbonyl (C=O) groups excluding carboxylic acids is 1. The van der Waals surface area contributed by atoms with Gasteiger partial charge in [-0.05, 0) is 49.8 Å². The lowest BCUT2D eigenvalue weighted by molar-refractivity contribution is -0.128. The van der Waals surface area contributed by atoms with E-state index in [9.17, 15) is 18.0 Å². The highest BCUT2D eigenvalue weighted by molar-refractivity contribution is 6.00. The van der Waals surface area contributed by atoms with Crippen molar-refractivity contribution in [3.05, 3.63) is 29.8 Å². The van der Waals surface area contributed by atoms with Gasteiger partial charge in [0.2, 0.25) is 5.91 Å². The molecule has 1 aliphatic carbocycles. The fourth-order valence-electron chi connectivity index (χ4n) is 4.13. The Morgan fingerprint density at radius 2 is 1.67 bits per heavy atom. The van der Waals surface area contributed by atoms with Crippen LogP contribution in [0.4, 0.5) is 18.9 Å². The average Bonchev–Trinajstić information content (AvgIpc) is 3.22. The second-order valence-corrected chi connectivity index (χ2v) is 7.42. The standard InChI is InChI=1S/C18H20F3NO2/c19-18(20,21)11-13-1-3-14(4-2-13)22-10-9-16(15(22)23)5-7-17(8-6-16)12-24-17/h1-4H,5-12H2/t16-,17-. The predicted octanol–water partition coefficient (Wildman–Crippen LogP) is 3.86. The van der Waals surface area contributed by atoms with Gasteiger partial charge in [0.1, 0.15) is 0 Å². The number of ether oxygens (including phenoxy) is 1. The van der Waals surface area contributed by atoms with Gasteiger partial charge in [-0.2, -0.15) is 13.2 Å². The van der Waals surface area contributed by atoms with Gasteiger partial charge in [0, 0.05) is 12.2 Å². The lowest BCUT2D eigenvalue weighted by atomic mass is 9.69. The Bertz CT molecular complexity index is 639. The molecule has 24 heavy (non-hydrogen) atoms. The summed E-state index contributed by atoms with van der Waals surface area (Å²) in [6, 6.07) is 6.20. The minimum atomic E-state index is -4.21. The average molecular weight is 339 g/mol. The van der Waals surface area contributed by atoms with E-state index in [1.54, 1.807) is 17.0 Å². The third kappa shape index (κ3) is 2.81. The van der Waals surface area contributed by atoms with Crippen LogP contribution in [0.3, 0.4) is 0 Å². The summed E-state index contributed by atoms with van der Waals surface area (Å²) in [5.74, 6) is 0.126. The second-order valence-electron chi connectivity index (χ2n) is 7.42. The Morgan fingerprint density at radius 3 is 2.21 bits per heavy atom. The minimum absolute atomic E-state index is 0.0538. The normalized spacial score (nSPS) is 32.8. The van der Waals surface area contributed by atoms with Crippen LogP contribution in [0.1, 0.15) is 37.7 Å². The largest absolute Gasteiger partial charge is 0.393 e. The van der Waals surface area contributed by atoms with Crippen LogP contribution in [0.25, 0.3) is 0 Å². The van der Waals surface area contributed by atoms with Crippen LogP contribution >= 0.6 is 0 Å². The number of anilines is 1. The Kier molecular flexibility index (Phi) is 3.46. The van der Waals surface area contributed by atoms with Gasteiger partial charge in [0.05, 0.1) is 24.0 Å². The summed E-state index contributed by atoms with van der Waals surface area (Å²) in [5, 5.41) is 0. The SMILES string of the molecule is O=C1N(c2ccc(CC(F)(F)F)cc2)CC[C@]12CC[C@@]1(CC2)CO1. The first-order valence-electron chi connectivity index (χ1n) is 8.43. The molecule has 130 valence electrons. The predicted molar refractivity (Wildman–Crippen MR) is 82.8 cm³/mol. The summed E-state index contributed by atoms with van der Waals surface area (Å²) in [4.78, 5) is 14.7. The van der Waals surface area contributed by atoms with Gasteiger partial charge in [-0.3, -0.25) is 4.79 Å². The first kappa shape index (κ1) is 15.9. The number of hydrogen-bond acceptors (Lipinski definition) is 2. The lowest BCUT2D eigenvalue weighted by Gasteiger charge is -2.34. The van der Waals surface area contributed by atoms with E-state index in [2.05, 4.69) is 0 Å². The third-order valence-corrected chi connectivity index (χ3v) is 5.84. The Labute approximate surface area is 138 Å². The summed E-state index contributed by atoms with van der Waals surface area (Å²) in [5.41, 5.74) is 0.684. The monoisotopic (exact) mass is 339 g/mol. The van der Waals surface area contributed by atoms with Gasteiger partial charge in [0.25, 0.3) is 0 Å². The van der Waals surface area contributed by atoms with Crippen molar-refractivity contribution < 1.29 is 22.7 Å². The molecule has 2 spiro atoms. The molecule has 0 bridgehead atoms. The van der Waals surface area contributed by atoms with Crippen LogP contribution in [-0.4, -0.2) is 30.8 Å². The quantitative estimate of drug-likeness (QED) is 0.767. The molecule has 4 rings (SSSR count). The van der Waals surface area contributed by atoms with Crippen molar-refractivity contribution in [3.63, 3.8) is 0 Å². The molecule has 0 radical (unpaired) electrons. The minimum Gasteiger partial charge on any atom is -0.370 e. The van der Waals surface area contributed by atoms with Crippen molar-refractivity contribution in [1.29, 1.82) is 0 Å². The van der Waals surface area contributed by atoms with E-state index < -0.39 is 12.6 Å². The summed E-state index contributed by atoms with van der Waals surface area (Å²) >= 11 is 0. The zero-order valence-corrected chi connectivity index (χ0v) is 13.4. The molecule has 1 saturated carbocycles. The fraction of sp³-hybridized carbons (Fsp3) is 0.611. The topological polar surface area (TPSA) is 32.8 Å². The number of rotatable bonds is 2. The van der Waals surface area contributed by atoms with E-state index in [-0.39, 0.29) is 22.5 Å². The van der Waals surface area contributed by atoms with E-state index >= 15 is 0 Å². The Hall–Kier alpha value is -1.56. The van der Waals surface area contributed by atoms with E-state index in [4.69, 9.17) is 4.74 Å². The lowest BCUT2D eigenvalue weighted by Crippen LogP contribution is -2.39. The van der Waals surface area contributed by atoms with Gasteiger partial charge in [-0.15, -0.1) is 0 Å². The molecule has 0 N–H and O–H groups in total. The number of amides is 1. The highest BCUT2D eigenvalue weighted by atomic mass is 19.4. The number of carbonyl (C=O) groups is 1. The van der Waals surface area contributed by atoms with E-state index in [1.165, 1.54) is 12.1 Å². The molecule has 0 aromatic heterocycles. The highest BCUT2D eigenvalue weighted by Gasteiger charge is 2.56. The number of benzene rings is 1. The van der Waals surface area contributed by atoms with Crippen LogP contribution in [0.15, 0.2) is 24.3 Å². The molecule has 0 atom stereocenters. The number of epoxide rings is 1. The van der Waals surface area contributed by atoms with Gasteiger partial charge >= 0.3 is 6.18 Å². The second kappa shape index (κ2) is 5.22. The van der Waals surface area contributed by atoms with Gasteiger partial charge in [-0.25, -0.2) is 0 Å². The van der Waals surface area contributed by atoms with Gasteiger partial charge in [0.15, 0.2) is 0 Å². The Morgan fingerprint density at radius 1 is 1.04 bits per heavy atom. The zero-order chi connectivity index (χ0) is 17.0. The van der Waals surface area contributed by atoms with Crippen LogP contribution in [0.5, 0.6) is 0 Å². The van der Waals surface area contributed by atoms with Crippen LogP contribution in [-0.2, 0) is 16.0 Å². The number of alkyl halides is 3. The van der Waals surface area contributed by atoms with E-state index in [1.807, 2.05) is 0 Å². The molecule has 2 aliphatic heterocycles. The van der Waals surface area contributed by atoms with Crippen molar-refractivity contribution in [1.82, 2.24) is 0 Å². The fourth-order valence-corrected chi connectivity index (χ4v) is 4.13. The molecule has 6 heteroatoms. The summed E-state index contributed by atoms with van der Waals surface area (Å²) in [6.07, 6.45) is -0.728. The third-order valence-electron chi connectivity index (χ3n) is 5.84. The molecule has 1 aromatic carbocycles. The first-order chi connectivity index (χ1) is 11.3. The van der Waals surface area contributed by atoms with Crippen molar-refractivity contribution in [2.45, 2.75) is 50.3 Å². The van der Waals surface area contributed by atoms with E-state index in [0.717, 1.165) is 38.7 Å². The van der Waals surface area contributed by atoms with E-state index in [0.29, 0.717) is 12.2 Å². The van der Waals surface area contributed by atoms with Crippen LogP contribution < -0.4 is 4.90 Å². The molecule has 0 unspecified atom stereocenters. The van der Waals surface area contributed by atoms with Crippen molar-refractivity contribution in [2.75, 3.05) is 18.1 Å². The summed E-state index contributed by atoms with van der Waals surface area (Å²) in [6.45, 7) is 1.47. The molecule has 2 heterocycles. The summed E-state index contributed by atoms with van der Waals surface area (Å²) in [7, 11) is 0. The van der Waals surface area contributed by atoms with Crippen LogP contribution in [0.2, 0.25) is 0 Å². The molecular weight excluding hydrogens is 319 g/mol. The maximum Gasteiger partial charge on any atom is 0.393 e. The molecule has 3 fully saturated rings. The molecule has 1 aromatic rings. The Balaban J connectivity index is 1.46. The first-order valence-corrected chi connectivity index (χ1v) is 8.43. The molecule has 3 aliphatic rings. The van der Waals surface area contributed by atoms with Crippen molar-refractivity contribution in [3.8, 4) is 0 Å². The zero-order valence-electron chi connectivity index (χ0n) is 13.4. The smallest absolute Gasteiger partial charge is 0.370 e. The van der Waals surface area contributed by atoms with Gasteiger partial charge in [-0.1, -0.05) is 12.1 Å². The maximum atomic E-state index is 12.9. The molecule has 2 saturated heterocycles. The number of halogens is 3. The number of hydrogen-bond donors (Lipinski definition) is 0. The molecule has 3 nitrogen and oxygen atoms in total. The van der Waals surface area contributed by atoms with Crippen molar-refractivity contribution >= 4 is 11.6 Å². The maximum absolute atomic E-state index is 12.9. The highest BCUT2D eigenvalue weighted by Crippen LogP contribution is 2.53. The van der Waals surface area contributed by atoms with Crippen molar-refractivity contribution in [2.24, 2.45) is 5.41 Å². The van der Waals surface area contributed by atoms with Gasteiger partial charge < -0.3 is 9.64 Å². The molecule has 1 amide bonds. The number of nitrogens with zero attached hydrogens (tertiary/aromatic N) is 1. The summed E-state index contributed by atoms with van der Waals surface area (Å²) < 4.78 is 42.8.